The predicted molar refractivity (Wildman–Crippen MR) is 80.3 cm³/mol. The molecule has 21 heavy (non-hydrogen) atoms. The molecule has 1 aromatic heterocycles. The van der Waals surface area contributed by atoms with Crippen LogP contribution in [0.5, 0.6) is 0 Å². The smallest absolute Gasteiger partial charge is 0.245 e. The standard InChI is InChI=1S/C15H24N4O2/c20-15(13-10-21-8-7-16-13)17-14-9-12(18-19-14)11-5-3-1-2-4-6-11/h9,11,13,16H,1-8,10H2,(H2,17,18,19,20). The molecule has 3 rings (SSSR count). The van der Waals surface area contributed by atoms with Crippen molar-refractivity contribution >= 4 is 11.7 Å². The van der Waals surface area contributed by atoms with Gasteiger partial charge in [-0.3, -0.25) is 9.89 Å². The molecular weight excluding hydrogens is 268 g/mol. The molecule has 0 spiro atoms. The maximum atomic E-state index is 12.1. The van der Waals surface area contributed by atoms with Gasteiger partial charge in [-0.25, -0.2) is 0 Å². The highest BCUT2D eigenvalue weighted by Gasteiger charge is 2.22. The predicted octanol–water partition coefficient (Wildman–Crippen LogP) is 1.77. The van der Waals surface area contributed by atoms with Crippen LogP contribution in [-0.4, -0.2) is 41.9 Å². The van der Waals surface area contributed by atoms with E-state index in [4.69, 9.17) is 4.74 Å². The molecule has 1 saturated carbocycles. The molecule has 1 saturated heterocycles. The van der Waals surface area contributed by atoms with Crippen LogP contribution < -0.4 is 10.6 Å². The lowest BCUT2D eigenvalue weighted by molar-refractivity contribution is -0.120. The first kappa shape index (κ1) is 14.5. The lowest BCUT2D eigenvalue weighted by Gasteiger charge is -2.22. The Labute approximate surface area is 125 Å². The van der Waals surface area contributed by atoms with Gasteiger partial charge in [0.2, 0.25) is 5.91 Å². The largest absolute Gasteiger partial charge is 0.378 e. The Hall–Kier alpha value is -1.40. The second kappa shape index (κ2) is 7.04. The minimum atomic E-state index is -0.281. The van der Waals surface area contributed by atoms with E-state index in [-0.39, 0.29) is 11.9 Å². The summed E-state index contributed by atoms with van der Waals surface area (Å²) in [5.74, 6) is 1.10. The van der Waals surface area contributed by atoms with Gasteiger partial charge in [0.25, 0.3) is 0 Å². The SMILES string of the molecule is O=C(Nc1cc(C2CCCCCC2)[nH]n1)C1COCCN1. The second-order valence-corrected chi connectivity index (χ2v) is 5.97. The molecule has 1 aliphatic heterocycles. The Kier molecular flexibility index (Phi) is 4.87. The third-order valence-electron chi connectivity index (χ3n) is 4.38. The Balaban J connectivity index is 1.57. The number of hydrogen-bond acceptors (Lipinski definition) is 4. The molecule has 1 amide bonds. The monoisotopic (exact) mass is 292 g/mol. The molecule has 1 unspecified atom stereocenters. The quantitative estimate of drug-likeness (QED) is 0.742. The minimum Gasteiger partial charge on any atom is -0.378 e. The molecule has 0 radical (unpaired) electrons. The Morgan fingerprint density at radius 3 is 2.81 bits per heavy atom. The number of H-pyrrole nitrogens is 1. The number of nitrogens with one attached hydrogen (secondary N) is 3. The first-order valence-corrected chi connectivity index (χ1v) is 8.00. The fourth-order valence-corrected chi connectivity index (χ4v) is 3.15. The molecule has 1 atom stereocenters. The average Bonchev–Trinajstić information content (AvgIpc) is 2.81. The van der Waals surface area contributed by atoms with Crippen molar-refractivity contribution in [1.82, 2.24) is 15.5 Å². The molecule has 1 aromatic rings. The van der Waals surface area contributed by atoms with Crippen molar-refractivity contribution in [2.24, 2.45) is 0 Å². The summed E-state index contributed by atoms with van der Waals surface area (Å²) in [7, 11) is 0. The number of aromatic nitrogens is 2. The summed E-state index contributed by atoms with van der Waals surface area (Å²) in [4.78, 5) is 12.1. The van der Waals surface area contributed by atoms with Gasteiger partial charge in [-0.15, -0.1) is 0 Å². The number of amides is 1. The highest BCUT2D eigenvalue weighted by Crippen LogP contribution is 2.31. The molecule has 116 valence electrons. The zero-order valence-electron chi connectivity index (χ0n) is 12.4. The maximum absolute atomic E-state index is 12.1. The van der Waals surface area contributed by atoms with Gasteiger partial charge in [-0.1, -0.05) is 25.7 Å². The fraction of sp³-hybridized carbons (Fsp3) is 0.733. The topological polar surface area (TPSA) is 79.0 Å². The third-order valence-corrected chi connectivity index (χ3v) is 4.38. The van der Waals surface area contributed by atoms with Crippen molar-refractivity contribution in [1.29, 1.82) is 0 Å². The summed E-state index contributed by atoms with van der Waals surface area (Å²) >= 11 is 0. The van der Waals surface area contributed by atoms with Gasteiger partial charge in [0.05, 0.1) is 13.2 Å². The van der Waals surface area contributed by atoms with Gasteiger partial charge in [-0.05, 0) is 12.8 Å². The van der Waals surface area contributed by atoms with Crippen LogP contribution in [0.2, 0.25) is 0 Å². The number of morpholine rings is 1. The van der Waals surface area contributed by atoms with E-state index in [0.717, 1.165) is 5.69 Å². The zero-order valence-corrected chi connectivity index (χ0v) is 12.4. The number of aromatic amines is 1. The van der Waals surface area contributed by atoms with E-state index >= 15 is 0 Å². The summed E-state index contributed by atoms with van der Waals surface area (Å²) in [6, 6.07) is 1.70. The first-order valence-electron chi connectivity index (χ1n) is 8.00. The van der Waals surface area contributed by atoms with Crippen LogP contribution in [0.1, 0.15) is 50.1 Å². The van der Waals surface area contributed by atoms with Crippen molar-refractivity contribution < 1.29 is 9.53 Å². The lowest BCUT2D eigenvalue weighted by Crippen LogP contribution is -2.48. The summed E-state index contributed by atoms with van der Waals surface area (Å²) in [5, 5.41) is 13.3. The molecule has 2 heterocycles. The van der Waals surface area contributed by atoms with Crippen molar-refractivity contribution in [3.63, 3.8) is 0 Å². The molecule has 6 nitrogen and oxygen atoms in total. The van der Waals surface area contributed by atoms with Crippen LogP contribution in [0.25, 0.3) is 0 Å². The van der Waals surface area contributed by atoms with Crippen molar-refractivity contribution in [3.8, 4) is 0 Å². The van der Waals surface area contributed by atoms with Gasteiger partial charge in [0, 0.05) is 24.2 Å². The van der Waals surface area contributed by atoms with E-state index in [9.17, 15) is 4.79 Å². The van der Waals surface area contributed by atoms with Gasteiger partial charge in [0.1, 0.15) is 6.04 Å². The van der Waals surface area contributed by atoms with E-state index in [2.05, 4.69) is 20.8 Å². The number of ether oxygens (including phenoxy) is 1. The van der Waals surface area contributed by atoms with Crippen LogP contribution >= 0.6 is 0 Å². The highest BCUT2D eigenvalue weighted by atomic mass is 16.5. The summed E-state index contributed by atoms with van der Waals surface area (Å²) in [6.07, 6.45) is 7.67. The van der Waals surface area contributed by atoms with Crippen molar-refractivity contribution in [2.45, 2.75) is 50.5 Å². The van der Waals surface area contributed by atoms with Crippen LogP contribution in [0.4, 0.5) is 5.82 Å². The number of anilines is 1. The fourth-order valence-electron chi connectivity index (χ4n) is 3.15. The van der Waals surface area contributed by atoms with Crippen LogP contribution in [0.3, 0.4) is 0 Å². The maximum Gasteiger partial charge on any atom is 0.245 e. The number of nitrogens with zero attached hydrogens (tertiary/aromatic N) is 1. The third kappa shape index (κ3) is 3.83. The normalized spacial score (nSPS) is 24.5. The van der Waals surface area contributed by atoms with E-state index in [0.29, 0.717) is 31.5 Å². The Bertz CT molecular complexity index is 460. The summed E-state index contributed by atoms with van der Waals surface area (Å²) < 4.78 is 5.30. The van der Waals surface area contributed by atoms with Gasteiger partial charge in [-0.2, -0.15) is 5.10 Å². The summed E-state index contributed by atoms with van der Waals surface area (Å²) in [6.45, 7) is 1.80. The van der Waals surface area contributed by atoms with E-state index in [1.807, 2.05) is 6.07 Å². The van der Waals surface area contributed by atoms with E-state index < -0.39 is 0 Å². The molecule has 2 aliphatic rings. The molecule has 3 N–H and O–H groups in total. The summed E-state index contributed by atoms with van der Waals surface area (Å²) in [5.41, 5.74) is 1.15. The van der Waals surface area contributed by atoms with Gasteiger partial charge in [0.15, 0.2) is 5.82 Å². The molecule has 0 bridgehead atoms. The second-order valence-electron chi connectivity index (χ2n) is 5.97. The van der Waals surface area contributed by atoms with Crippen LogP contribution in [0, 0.1) is 0 Å². The van der Waals surface area contributed by atoms with E-state index in [1.54, 1.807) is 0 Å². The Morgan fingerprint density at radius 1 is 1.29 bits per heavy atom. The molecule has 2 fully saturated rings. The van der Waals surface area contributed by atoms with Crippen LogP contribution in [-0.2, 0) is 9.53 Å². The van der Waals surface area contributed by atoms with Crippen LogP contribution in [0.15, 0.2) is 6.07 Å². The minimum absolute atomic E-state index is 0.0754. The number of rotatable bonds is 3. The van der Waals surface area contributed by atoms with Crippen molar-refractivity contribution in [2.75, 3.05) is 25.1 Å². The first-order chi connectivity index (χ1) is 10.3. The molecular formula is C15H24N4O2. The number of hydrogen-bond donors (Lipinski definition) is 3. The number of carbonyl (C=O) groups excluding carboxylic acids is 1. The average molecular weight is 292 g/mol. The number of carbonyl (C=O) groups is 1. The highest BCUT2D eigenvalue weighted by molar-refractivity contribution is 5.94. The zero-order chi connectivity index (χ0) is 14.5. The van der Waals surface area contributed by atoms with Gasteiger partial charge < -0.3 is 15.4 Å². The molecule has 1 aliphatic carbocycles. The van der Waals surface area contributed by atoms with Gasteiger partial charge >= 0.3 is 0 Å². The van der Waals surface area contributed by atoms with E-state index in [1.165, 1.54) is 38.5 Å². The van der Waals surface area contributed by atoms with Crippen molar-refractivity contribution in [3.05, 3.63) is 11.8 Å². The lowest BCUT2D eigenvalue weighted by atomic mass is 9.97. The molecule has 6 heteroatoms. The molecule has 0 aromatic carbocycles. The Morgan fingerprint density at radius 2 is 2.10 bits per heavy atom.